The minimum Gasteiger partial charge on any atom is -0.465 e. The first-order valence-electron chi connectivity index (χ1n) is 5.43. The average Bonchev–Trinajstić information content (AvgIpc) is 2.87. The lowest BCUT2D eigenvalue weighted by Crippen LogP contribution is -2.07. The van der Waals surface area contributed by atoms with Gasteiger partial charge in [-0.1, -0.05) is 0 Å². The molecule has 0 radical (unpaired) electrons. The molecule has 4 nitrogen and oxygen atoms in total. The zero-order valence-electron chi connectivity index (χ0n) is 10.5. The Morgan fingerprint density at radius 1 is 1.28 bits per heavy atom. The third-order valence-corrected chi connectivity index (χ3v) is 3.55. The second-order valence-corrected chi connectivity index (χ2v) is 4.99. The van der Waals surface area contributed by atoms with Gasteiger partial charge in [0, 0.05) is 25.3 Å². The van der Waals surface area contributed by atoms with Crippen molar-refractivity contribution >= 4 is 23.0 Å². The van der Waals surface area contributed by atoms with E-state index in [1.54, 1.807) is 6.20 Å². The van der Waals surface area contributed by atoms with Crippen LogP contribution >= 0.6 is 11.3 Å². The van der Waals surface area contributed by atoms with Gasteiger partial charge in [0.2, 0.25) is 0 Å². The van der Waals surface area contributed by atoms with Gasteiger partial charge < -0.3 is 9.64 Å². The molecule has 1 aromatic carbocycles. The molecule has 0 spiro atoms. The highest BCUT2D eigenvalue weighted by molar-refractivity contribution is 7.16. The van der Waals surface area contributed by atoms with E-state index >= 15 is 0 Å². The van der Waals surface area contributed by atoms with E-state index in [9.17, 15) is 4.79 Å². The van der Waals surface area contributed by atoms with Crippen molar-refractivity contribution in [1.29, 1.82) is 0 Å². The zero-order valence-corrected chi connectivity index (χ0v) is 11.3. The molecule has 1 aromatic heterocycles. The molecular formula is C13H14N2O2S. The second kappa shape index (κ2) is 5.18. The van der Waals surface area contributed by atoms with Gasteiger partial charge in [0.25, 0.3) is 0 Å². The maximum Gasteiger partial charge on any atom is 0.349 e. The van der Waals surface area contributed by atoms with Crippen LogP contribution in [0.3, 0.4) is 0 Å². The Balaban J connectivity index is 2.26. The van der Waals surface area contributed by atoms with Crippen LogP contribution in [0.4, 0.5) is 5.69 Å². The van der Waals surface area contributed by atoms with Crippen LogP contribution in [-0.4, -0.2) is 32.2 Å². The van der Waals surface area contributed by atoms with Crippen LogP contribution in [0.25, 0.3) is 10.6 Å². The van der Waals surface area contributed by atoms with E-state index in [4.69, 9.17) is 0 Å². The van der Waals surface area contributed by atoms with E-state index in [0.29, 0.717) is 4.88 Å². The largest absolute Gasteiger partial charge is 0.465 e. The first-order chi connectivity index (χ1) is 8.61. The molecule has 0 bridgehead atoms. The maximum atomic E-state index is 11.3. The fourth-order valence-electron chi connectivity index (χ4n) is 1.50. The van der Waals surface area contributed by atoms with Crippen LogP contribution in [0.2, 0.25) is 0 Å². The number of hydrogen-bond acceptors (Lipinski definition) is 5. The highest BCUT2D eigenvalue weighted by atomic mass is 32.1. The Morgan fingerprint density at radius 2 is 1.94 bits per heavy atom. The van der Waals surface area contributed by atoms with Crippen LogP contribution < -0.4 is 4.90 Å². The van der Waals surface area contributed by atoms with Crippen molar-refractivity contribution in [2.24, 2.45) is 0 Å². The molecule has 0 unspecified atom stereocenters. The summed E-state index contributed by atoms with van der Waals surface area (Å²) >= 11 is 1.33. The normalized spacial score (nSPS) is 10.2. The van der Waals surface area contributed by atoms with E-state index in [2.05, 4.69) is 9.72 Å². The van der Waals surface area contributed by atoms with Crippen LogP contribution in [-0.2, 0) is 4.74 Å². The molecule has 0 N–H and O–H groups in total. The number of carbonyl (C=O) groups excluding carboxylic acids is 1. The quantitative estimate of drug-likeness (QED) is 0.798. The van der Waals surface area contributed by atoms with Crippen molar-refractivity contribution in [2.45, 2.75) is 0 Å². The SMILES string of the molecule is COC(=O)c1cnc(-c2ccc(N(C)C)cc2)s1. The fourth-order valence-corrected chi connectivity index (χ4v) is 2.34. The van der Waals surface area contributed by atoms with E-state index < -0.39 is 0 Å². The topological polar surface area (TPSA) is 42.4 Å². The van der Waals surface area contributed by atoms with Crippen LogP contribution in [0.1, 0.15) is 9.67 Å². The maximum absolute atomic E-state index is 11.3. The highest BCUT2D eigenvalue weighted by Gasteiger charge is 2.11. The molecule has 0 amide bonds. The van der Waals surface area contributed by atoms with Crippen molar-refractivity contribution in [3.8, 4) is 10.6 Å². The number of carbonyl (C=O) groups is 1. The van der Waals surface area contributed by atoms with Gasteiger partial charge in [0.1, 0.15) is 9.88 Å². The van der Waals surface area contributed by atoms with Crippen molar-refractivity contribution in [3.63, 3.8) is 0 Å². The standard InChI is InChI=1S/C13H14N2O2S/c1-15(2)10-6-4-9(5-7-10)12-14-8-11(18-12)13(16)17-3/h4-8H,1-3H3. The number of esters is 1. The van der Waals surface area contributed by atoms with Crippen LogP contribution in [0, 0.1) is 0 Å². The predicted octanol–water partition coefficient (Wildman–Crippen LogP) is 2.66. The lowest BCUT2D eigenvalue weighted by atomic mass is 10.2. The Kier molecular flexibility index (Phi) is 3.62. The van der Waals surface area contributed by atoms with Crippen molar-refractivity contribution < 1.29 is 9.53 Å². The third kappa shape index (κ3) is 2.51. The number of nitrogens with zero attached hydrogens (tertiary/aromatic N) is 2. The Hall–Kier alpha value is -1.88. The molecule has 0 saturated carbocycles. The molecular weight excluding hydrogens is 248 g/mol. The summed E-state index contributed by atoms with van der Waals surface area (Å²) in [6, 6.07) is 8.04. The molecule has 5 heteroatoms. The number of methoxy groups -OCH3 is 1. The van der Waals surface area contributed by atoms with E-state index in [0.717, 1.165) is 16.3 Å². The molecule has 0 aliphatic rings. The number of thiazole rings is 1. The summed E-state index contributed by atoms with van der Waals surface area (Å²) in [5, 5.41) is 0.820. The lowest BCUT2D eigenvalue weighted by Gasteiger charge is -2.11. The second-order valence-electron chi connectivity index (χ2n) is 3.96. The average molecular weight is 262 g/mol. The molecule has 0 fully saturated rings. The first kappa shape index (κ1) is 12.6. The van der Waals surface area contributed by atoms with Gasteiger partial charge in [-0.05, 0) is 24.3 Å². The Morgan fingerprint density at radius 3 is 2.50 bits per heavy atom. The summed E-state index contributed by atoms with van der Waals surface area (Å²) in [6.07, 6.45) is 1.55. The predicted molar refractivity (Wildman–Crippen MR) is 73.2 cm³/mol. The van der Waals surface area contributed by atoms with Gasteiger partial charge in [-0.3, -0.25) is 0 Å². The number of rotatable bonds is 3. The lowest BCUT2D eigenvalue weighted by molar-refractivity contribution is 0.0606. The first-order valence-corrected chi connectivity index (χ1v) is 6.25. The Labute approximate surface area is 110 Å². The van der Waals surface area contributed by atoms with Crippen molar-refractivity contribution in [3.05, 3.63) is 35.3 Å². The summed E-state index contributed by atoms with van der Waals surface area (Å²) in [4.78, 5) is 18.1. The highest BCUT2D eigenvalue weighted by Crippen LogP contribution is 2.27. The molecule has 0 atom stereocenters. The van der Waals surface area contributed by atoms with Gasteiger partial charge in [-0.25, -0.2) is 9.78 Å². The zero-order chi connectivity index (χ0) is 13.1. The van der Waals surface area contributed by atoms with Gasteiger partial charge in [0.15, 0.2) is 0 Å². The molecule has 0 aliphatic heterocycles. The number of aromatic nitrogens is 1. The summed E-state index contributed by atoms with van der Waals surface area (Å²) in [7, 11) is 5.36. The molecule has 2 aromatic rings. The minimum atomic E-state index is -0.344. The van der Waals surface area contributed by atoms with E-state index in [1.165, 1.54) is 18.4 Å². The van der Waals surface area contributed by atoms with Crippen molar-refractivity contribution in [1.82, 2.24) is 4.98 Å². The minimum absolute atomic E-state index is 0.344. The molecule has 0 saturated heterocycles. The summed E-state index contributed by atoms with van der Waals surface area (Å²) < 4.78 is 4.66. The summed E-state index contributed by atoms with van der Waals surface area (Å²) in [5.41, 5.74) is 2.13. The molecule has 2 rings (SSSR count). The number of anilines is 1. The number of benzene rings is 1. The number of hydrogen-bond donors (Lipinski definition) is 0. The fraction of sp³-hybridized carbons (Fsp3) is 0.231. The number of ether oxygens (including phenoxy) is 1. The summed E-state index contributed by atoms with van der Waals surface area (Å²) in [6.45, 7) is 0. The van der Waals surface area contributed by atoms with Gasteiger partial charge in [-0.2, -0.15) is 0 Å². The van der Waals surface area contributed by atoms with Gasteiger partial charge in [0.05, 0.1) is 13.3 Å². The van der Waals surface area contributed by atoms with Crippen LogP contribution in [0.5, 0.6) is 0 Å². The van der Waals surface area contributed by atoms with Gasteiger partial charge in [-0.15, -0.1) is 11.3 Å². The summed E-state index contributed by atoms with van der Waals surface area (Å²) in [5.74, 6) is -0.344. The van der Waals surface area contributed by atoms with E-state index in [1.807, 2.05) is 43.3 Å². The van der Waals surface area contributed by atoms with Crippen LogP contribution in [0.15, 0.2) is 30.5 Å². The smallest absolute Gasteiger partial charge is 0.349 e. The third-order valence-electron chi connectivity index (χ3n) is 2.52. The monoisotopic (exact) mass is 262 g/mol. The van der Waals surface area contributed by atoms with E-state index in [-0.39, 0.29) is 5.97 Å². The molecule has 94 valence electrons. The van der Waals surface area contributed by atoms with Crippen molar-refractivity contribution in [2.75, 3.05) is 26.1 Å². The molecule has 18 heavy (non-hydrogen) atoms. The van der Waals surface area contributed by atoms with Gasteiger partial charge >= 0.3 is 5.97 Å². The molecule has 1 heterocycles. The Bertz CT molecular complexity index is 546. The molecule has 0 aliphatic carbocycles.